The summed E-state index contributed by atoms with van der Waals surface area (Å²) in [5.74, 6) is 4.09. The number of hydrazine groups is 1. The van der Waals surface area contributed by atoms with Gasteiger partial charge in [-0.3, -0.25) is 5.84 Å². The van der Waals surface area contributed by atoms with E-state index < -0.39 is 17.7 Å². The van der Waals surface area contributed by atoms with Crippen molar-refractivity contribution in [3.8, 4) is 0 Å². The quantitative estimate of drug-likeness (QED) is 0.644. The highest BCUT2D eigenvalue weighted by Gasteiger charge is 2.25. The van der Waals surface area contributed by atoms with Crippen molar-refractivity contribution in [3.05, 3.63) is 45.7 Å². The highest BCUT2D eigenvalue weighted by atomic mass is 79.9. The first-order valence-electron chi connectivity index (χ1n) is 6.07. The van der Waals surface area contributed by atoms with Gasteiger partial charge in [0, 0.05) is 16.6 Å². The maximum absolute atomic E-state index is 14.0. The van der Waals surface area contributed by atoms with Crippen LogP contribution >= 0.6 is 15.9 Å². The van der Waals surface area contributed by atoms with Crippen LogP contribution in [0.15, 0.2) is 22.8 Å². The molecule has 0 amide bonds. The fourth-order valence-electron chi connectivity index (χ4n) is 2.02. The minimum absolute atomic E-state index is 0.157. The van der Waals surface area contributed by atoms with Gasteiger partial charge in [-0.2, -0.15) is 0 Å². The van der Waals surface area contributed by atoms with E-state index in [1.165, 1.54) is 18.3 Å². The number of hydrogen-bond acceptors (Lipinski definition) is 4. The smallest absolute Gasteiger partial charge is 0.132 e. The summed E-state index contributed by atoms with van der Waals surface area (Å²) < 4.78 is 30.0. The molecule has 0 bridgehead atoms. The zero-order chi connectivity index (χ0) is 14.7. The molecule has 1 atom stereocenters. The third-order valence-corrected chi connectivity index (χ3v) is 3.34. The van der Waals surface area contributed by atoms with E-state index in [1.807, 2.05) is 6.92 Å². The van der Waals surface area contributed by atoms with Crippen LogP contribution in [0.25, 0.3) is 0 Å². The maximum Gasteiger partial charge on any atom is 0.132 e. The van der Waals surface area contributed by atoms with Crippen molar-refractivity contribution >= 4 is 15.9 Å². The zero-order valence-corrected chi connectivity index (χ0v) is 12.4. The number of aromatic nitrogens is 3. The van der Waals surface area contributed by atoms with Gasteiger partial charge in [0.2, 0.25) is 0 Å². The van der Waals surface area contributed by atoms with Crippen LogP contribution in [0.2, 0.25) is 0 Å². The first-order valence-corrected chi connectivity index (χ1v) is 6.86. The summed E-state index contributed by atoms with van der Waals surface area (Å²) in [6.07, 6.45) is 2.26. The predicted molar refractivity (Wildman–Crippen MR) is 73.5 cm³/mol. The van der Waals surface area contributed by atoms with Gasteiger partial charge >= 0.3 is 0 Å². The summed E-state index contributed by atoms with van der Waals surface area (Å²) in [5.41, 5.74) is 2.78. The topological polar surface area (TPSA) is 68.8 Å². The van der Waals surface area contributed by atoms with Crippen molar-refractivity contribution in [3.63, 3.8) is 0 Å². The van der Waals surface area contributed by atoms with E-state index in [4.69, 9.17) is 5.84 Å². The third-order valence-electron chi connectivity index (χ3n) is 2.88. The van der Waals surface area contributed by atoms with E-state index in [0.717, 1.165) is 6.42 Å². The molecule has 20 heavy (non-hydrogen) atoms. The van der Waals surface area contributed by atoms with E-state index in [-0.39, 0.29) is 5.56 Å². The lowest BCUT2D eigenvalue weighted by molar-refractivity contribution is 0.473. The van der Waals surface area contributed by atoms with Crippen LogP contribution in [0.1, 0.15) is 30.6 Å². The number of benzene rings is 1. The molecule has 0 radical (unpaired) electrons. The second kappa shape index (κ2) is 6.38. The van der Waals surface area contributed by atoms with E-state index in [2.05, 4.69) is 31.7 Å². The molecule has 2 rings (SSSR count). The Morgan fingerprint density at radius 3 is 2.60 bits per heavy atom. The Bertz CT molecular complexity index is 578. The van der Waals surface area contributed by atoms with Crippen molar-refractivity contribution in [2.75, 3.05) is 0 Å². The molecule has 0 spiro atoms. The first-order chi connectivity index (χ1) is 9.58. The molecule has 108 valence electrons. The first kappa shape index (κ1) is 15.0. The van der Waals surface area contributed by atoms with Gasteiger partial charge in [0.05, 0.1) is 17.9 Å². The zero-order valence-electron chi connectivity index (χ0n) is 10.8. The Hall–Kier alpha value is -1.38. The number of aryl methyl sites for hydroxylation is 1. The molecule has 0 saturated carbocycles. The number of nitrogens with zero attached hydrogens (tertiary/aromatic N) is 3. The molecule has 1 aromatic heterocycles. The highest BCUT2D eigenvalue weighted by Crippen LogP contribution is 2.28. The molecule has 8 heteroatoms. The van der Waals surface area contributed by atoms with Crippen LogP contribution in [0, 0.1) is 11.6 Å². The van der Waals surface area contributed by atoms with E-state index in [1.54, 1.807) is 4.68 Å². The Morgan fingerprint density at radius 2 is 2.05 bits per heavy atom. The molecule has 1 heterocycles. The molecule has 0 aliphatic heterocycles. The van der Waals surface area contributed by atoms with E-state index in [0.29, 0.717) is 16.7 Å². The van der Waals surface area contributed by atoms with E-state index >= 15 is 0 Å². The molecule has 3 N–H and O–H groups in total. The number of rotatable bonds is 5. The highest BCUT2D eigenvalue weighted by molar-refractivity contribution is 9.10. The average molecular weight is 346 g/mol. The molecule has 0 aliphatic carbocycles. The Morgan fingerprint density at radius 1 is 1.40 bits per heavy atom. The maximum atomic E-state index is 14.0. The van der Waals surface area contributed by atoms with Gasteiger partial charge in [-0.1, -0.05) is 28.1 Å². The van der Waals surface area contributed by atoms with Crippen molar-refractivity contribution < 1.29 is 8.78 Å². The lowest BCUT2D eigenvalue weighted by Gasteiger charge is -2.18. The SMILES string of the molecule is CCCn1nncc1C(NN)c1c(F)cc(Br)cc1F. The molecule has 1 unspecified atom stereocenters. The number of nitrogens with two attached hydrogens (primary N) is 1. The fraction of sp³-hybridized carbons (Fsp3) is 0.333. The van der Waals surface area contributed by atoms with Gasteiger partial charge in [0.1, 0.15) is 11.6 Å². The Kier molecular flexibility index (Phi) is 4.79. The Labute approximate surface area is 123 Å². The lowest BCUT2D eigenvalue weighted by Crippen LogP contribution is -2.32. The monoisotopic (exact) mass is 345 g/mol. The number of nitrogens with one attached hydrogen (secondary N) is 1. The molecule has 0 fully saturated rings. The second-order valence-electron chi connectivity index (χ2n) is 4.26. The third kappa shape index (κ3) is 2.87. The largest absolute Gasteiger partial charge is 0.271 e. The molecular weight excluding hydrogens is 332 g/mol. The van der Waals surface area contributed by atoms with Crippen molar-refractivity contribution in [2.45, 2.75) is 25.9 Å². The molecule has 0 aliphatic rings. The average Bonchev–Trinajstić information content (AvgIpc) is 2.82. The lowest BCUT2D eigenvalue weighted by atomic mass is 10.0. The predicted octanol–water partition coefficient (Wildman–Crippen LogP) is 2.28. The van der Waals surface area contributed by atoms with Crippen molar-refractivity contribution in [1.29, 1.82) is 0 Å². The van der Waals surface area contributed by atoms with Crippen LogP contribution < -0.4 is 11.3 Å². The summed E-state index contributed by atoms with van der Waals surface area (Å²) in [5, 5.41) is 7.67. The Balaban J connectivity index is 2.50. The number of hydrogen-bond donors (Lipinski definition) is 2. The molecule has 2 aromatic rings. The normalized spacial score (nSPS) is 12.7. The summed E-state index contributed by atoms with van der Waals surface area (Å²) >= 11 is 3.04. The minimum Gasteiger partial charge on any atom is -0.271 e. The van der Waals surface area contributed by atoms with Gasteiger partial charge in [-0.15, -0.1) is 5.10 Å². The molecular formula is C12H14BrF2N5. The second-order valence-corrected chi connectivity index (χ2v) is 5.18. The van der Waals surface area contributed by atoms with Crippen LogP contribution in [-0.2, 0) is 6.54 Å². The van der Waals surface area contributed by atoms with Gasteiger partial charge < -0.3 is 0 Å². The van der Waals surface area contributed by atoms with Crippen LogP contribution in [0.3, 0.4) is 0 Å². The summed E-state index contributed by atoms with van der Waals surface area (Å²) in [6.45, 7) is 2.56. The molecule has 0 saturated heterocycles. The molecule has 1 aromatic carbocycles. The van der Waals surface area contributed by atoms with E-state index in [9.17, 15) is 8.78 Å². The van der Waals surface area contributed by atoms with Crippen LogP contribution in [0.4, 0.5) is 8.78 Å². The van der Waals surface area contributed by atoms with Gasteiger partial charge in [-0.05, 0) is 18.6 Å². The van der Waals surface area contributed by atoms with Crippen LogP contribution in [-0.4, -0.2) is 15.0 Å². The van der Waals surface area contributed by atoms with Gasteiger partial charge in [0.15, 0.2) is 0 Å². The standard InChI is InChI=1S/C12H14BrF2N5/c1-2-3-20-10(6-17-19-20)12(18-16)11-8(14)4-7(13)5-9(11)15/h4-6,12,18H,2-3,16H2,1H3. The van der Waals surface area contributed by atoms with Crippen molar-refractivity contribution in [1.82, 2.24) is 20.4 Å². The summed E-state index contributed by atoms with van der Waals surface area (Å²) in [6, 6.07) is 1.53. The summed E-state index contributed by atoms with van der Waals surface area (Å²) in [7, 11) is 0. The minimum atomic E-state index is -0.857. The fourth-order valence-corrected chi connectivity index (χ4v) is 2.42. The van der Waals surface area contributed by atoms with Gasteiger partial charge in [0.25, 0.3) is 0 Å². The summed E-state index contributed by atoms with van der Waals surface area (Å²) in [4.78, 5) is 0. The molecule has 5 nitrogen and oxygen atoms in total. The van der Waals surface area contributed by atoms with Crippen LogP contribution in [0.5, 0.6) is 0 Å². The van der Waals surface area contributed by atoms with Gasteiger partial charge in [-0.25, -0.2) is 18.9 Å². The van der Waals surface area contributed by atoms with Crippen molar-refractivity contribution in [2.24, 2.45) is 5.84 Å². The number of halogens is 3.